The predicted molar refractivity (Wildman–Crippen MR) is 123 cm³/mol. The van der Waals surface area contributed by atoms with Gasteiger partial charge >= 0.3 is 12.1 Å². The summed E-state index contributed by atoms with van der Waals surface area (Å²) >= 11 is 12.2. The highest BCUT2D eigenvalue weighted by Gasteiger charge is 2.30. The lowest BCUT2D eigenvalue weighted by molar-refractivity contribution is -0.137. The van der Waals surface area contributed by atoms with Crippen molar-refractivity contribution in [3.63, 3.8) is 0 Å². The minimum absolute atomic E-state index is 0.0641. The van der Waals surface area contributed by atoms with Crippen LogP contribution in [0.4, 0.5) is 17.6 Å². The maximum atomic E-state index is 14.1. The van der Waals surface area contributed by atoms with Gasteiger partial charge in [-0.1, -0.05) is 35.3 Å². The second kappa shape index (κ2) is 10.4. The van der Waals surface area contributed by atoms with Crippen LogP contribution < -0.4 is 5.56 Å². The molecule has 0 N–H and O–H groups in total. The lowest BCUT2D eigenvalue weighted by Gasteiger charge is -2.13. The third-order valence-corrected chi connectivity index (χ3v) is 5.56. The van der Waals surface area contributed by atoms with Gasteiger partial charge in [-0.15, -0.1) is 0 Å². The third-order valence-electron chi connectivity index (χ3n) is 4.98. The van der Waals surface area contributed by atoms with Crippen LogP contribution >= 0.6 is 23.2 Å². The Balaban J connectivity index is 1.93. The smallest absolute Gasteiger partial charge is 0.416 e. The second-order valence-corrected chi connectivity index (χ2v) is 8.00. The number of hydrogen-bond acceptors (Lipinski definition) is 3. The van der Waals surface area contributed by atoms with E-state index < -0.39 is 29.1 Å². The van der Waals surface area contributed by atoms with Crippen molar-refractivity contribution in [1.29, 1.82) is 0 Å². The quantitative estimate of drug-likeness (QED) is 0.278. The fourth-order valence-electron chi connectivity index (χ4n) is 3.19. The van der Waals surface area contributed by atoms with Crippen molar-refractivity contribution >= 4 is 41.3 Å². The van der Waals surface area contributed by atoms with E-state index in [9.17, 15) is 27.2 Å². The number of hydrogen-bond donors (Lipinski definition) is 0. The SMILES string of the molecule is COC(=O)c1ccc(CCn2c(/C=C/c3cc(C(F)(F)F)ccc3F)c(Cl)cc(Cl)c2=O)cc1. The Morgan fingerprint density at radius 3 is 2.32 bits per heavy atom. The molecule has 0 atom stereocenters. The summed E-state index contributed by atoms with van der Waals surface area (Å²) in [6, 6.07) is 9.78. The number of esters is 1. The molecule has 4 nitrogen and oxygen atoms in total. The molecule has 2 aromatic carbocycles. The Hall–Kier alpha value is -3.10. The van der Waals surface area contributed by atoms with Gasteiger partial charge in [-0.3, -0.25) is 4.79 Å². The Labute approximate surface area is 202 Å². The van der Waals surface area contributed by atoms with Gasteiger partial charge < -0.3 is 9.30 Å². The number of pyridine rings is 1. The summed E-state index contributed by atoms with van der Waals surface area (Å²) in [6.07, 6.45) is -1.92. The van der Waals surface area contributed by atoms with Crippen molar-refractivity contribution in [2.45, 2.75) is 19.1 Å². The van der Waals surface area contributed by atoms with E-state index in [0.29, 0.717) is 24.1 Å². The molecule has 3 rings (SSSR count). The molecule has 0 amide bonds. The van der Waals surface area contributed by atoms with Crippen molar-refractivity contribution in [3.05, 3.63) is 103 Å². The van der Waals surface area contributed by atoms with E-state index in [4.69, 9.17) is 23.2 Å². The molecule has 1 aromatic heterocycles. The number of aromatic nitrogens is 1. The highest BCUT2D eigenvalue weighted by atomic mass is 35.5. The van der Waals surface area contributed by atoms with Gasteiger partial charge in [-0.2, -0.15) is 13.2 Å². The molecule has 0 saturated carbocycles. The zero-order valence-electron chi connectivity index (χ0n) is 17.6. The van der Waals surface area contributed by atoms with Crippen molar-refractivity contribution in [1.82, 2.24) is 4.57 Å². The molecule has 0 aliphatic rings. The number of carbonyl (C=O) groups excluding carboxylic acids is 1. The van der Waals surface area contributed by atoms with Crippen LogP contribution in [0, 0.1) is 5.82 Å². The molecule has 0 unspecified atom stereocenters. The molecule has 178 valence electrons. The first-order valence-corrected chi connectivity index (χ1v) is 10.6. The number of halogens is 6. The number of rotatable bonds is 6. The van der Waals surface area contributed by atoms with Gasteiger partial charge in [0.2, 0.25) is 0 Å². The number of carbonyl (C=O) groups is 1. The lowest BCUT2D eigenvalue weighted by atomic mass is 10.1. The van der Waals surface area contributed by atoms with Crippen LogP contribution in [-0.4, -0.2) is 17.6 Å². The summed E-state index contributed by atoms with van der Waals surface area (Å²) in [5.41, 5.74) is -0.599. The fourth-order valence-corrected chi connectivity index (χ4v) is 3.73. The van der Waals surface area contributed by atoms with Gasteiger partial charge in [0.15, 0.2) is 0 Å². The van der Waals surface area contributed by atoms with E-state index in [1.807, 2.05) is 0 Å². The number of nitrogens with zero attached hydrogens (tertiary/aromatic N) is 1. The van der Waals surface area contributed by atoms with Gasteiger partial charge in [0.1, 0.15) is 10.8 Å². The molecular formula is C24H17Cl2F4NO3. The van der Waals surface area contributed by atoms with Crippen molar-refractivity contribution in [3.8, 4) is 0 Å². The van der Waals surface area contributed by atoms with Gasteiger partial charge in [0.05, 0.1) is 29.0 Å². The second-order valence-electron chi connectivity index (χ2n) is 7.19. The monoisotopic (exact) mass is 513 g/mol. The zero-order valence-corrected chi connectivity index (χ0v) is 19.1. The van der Waals surface area contributed by atoms with E-state index in [1.165, 1.54) is 23.8 Å². The normalized spacial score (nSPS) is 11.7. The maximum absolute atomic E-state index is 14.1. The number of alkyl halides is 3. The molecular weight excluding hydrogens is 497 g/mol. The molecule has 0 saturated heterocycles. The van der Waals surface area contributed by atoms with Crippen LogP contribution in [-0.2, 0) is 23.9 Å². The molecule has 0 spiro atoms. The van der Waals surface area contributed by atoms with E-state index in [-0.39, 0.29) is 27.8 Å². The topological polar surface area (TPSA) is 48.3 Å². The van der Waals surface area contributed by atoms with Crippen LogP contribution in [0.1, 0.15) is 32.7 Å². The average molecular weight is 514 g/mol. The molecule has 0 aliphatic heterocycles. The van der Waals surface area contributed by atoms with Crippen molar-refractivity contribution in [2.24, 2.45) is 0 Å². The number of methoxy groups -OCH3 is 1. The molecule has 34 heavy (non-hydrogen) atoms. The summed E-state index contributed by atoms with van der Waals surface area (Å²) in [5, 5.41) is -0.0808. The van der Waals surface area contributed by atoms with E-state index >= 15 is 0 Å². The summed E-state index contributed by atoms with van der Waals surface area (Å²) in [7, 11) is 1.27. The summed E-state index contributed by atoms with van der Waals surface area (Å²) in [5.74, 6) is -1.35. The minimum atomic E-state index is -4.64. The van der Waals surface area contributed by atoms with Gasteiger partial charge in [-0.05, 0) is 60.5 Å². The van der Waals surface area contributed by atoms with Crippen LogP contribution in [0.2, 0.25) is 10.0 Å². The van der Waals surface area contributed by atoms with Gasteiger partial charge in [0, 0.05) is 12.1 Å². The van der Waals surface area contributed by atoms with Gasteiger partial charge in [0.25, 0.3) is 5.56 Å². The number of benzene rings is 2. The van der Waals surface area contributed by atoms with Crippen LogP contribution in [0.25, 0.3) is 12.2 Å². The Morgan fingerprint density at radius 1 is 1.03 bits per heavy atom. The predicted octanol–water partition coefficient (Wildman–Crippen LogP) is 6.51. The molecule has 0 aliphatic carbocycles. The van der Waals surface area contributed by atoms with Crippen LogP contribution in [0.5, 0.6) is 0 Å². The first kappa shape index (κ1) is 25.5. The molecule has 1 heterocycles. The summed E-state index contributed by atoms with van der Waals surface area (Å²) in [4.78, 5) is 24.2. The largest absolute Gasteiger partial charge is 0.465 e. The zero-order chi connectivity index (χ0) is 25.0. The molecule has 0 fully saturated rings. The van der Waals surface area contributed by atoms with Crippen molar-refractivity contribution in [2.75, 3.05) is 7.11 Å². The fraction of sp³-hybridized carbons (Fsp3) is 0.167. The summed E-state index contributed by atoms with van der Waals surface area (Å²) < 4.78 is 59.0. The minimum Gasteiger partial charge on any atom is -0.465 e. The number of ether oxygens (including phenoxy) is 1. The first-order chi connectivity index (χ1) is 16.0. The van der Waals surface area contributed by atoms with Crippen molar-refractivity contribution < 1.29 is 27.1 Å². The van der Waals surface area contributed by atoms with Gasteiger partial charge in [-0.25, -0.2) is 9.18 Å². The first-order valence-electron chi connectivity index (χ1n) is 9.82. The van der Waals surface area contributed by atoms with Crippen LogP contribution in [0.15, 0.2) is 53.3 Å². The lowest BCUT2D eigenvalue weighted by Crippen LogP contribution is -2.24. The molecule has 10 heteroatoms. The van der Waals surface area contributed by atoms with E-state index in [1.54, 1.807) is 24.3 Å². The molecule has 3 aromatic rings. The summed E-state index contributed by atoms with van der Waals surface area (Å²) in [6.45, 7) is 0.113. The molecule has 0 radical (unpaired) electrons. The maximum Gasteiger partial charge on any atom is 0.416 e. The third kappa shape index (κ3) is 5.87. The van der Waals surface area contributed by atoms with Crippen LogP contribution in [0.3, 0.4) is 0 Å². The van der Waals surface area contributed by atoms with E-state index in [0.717, 1.165) is 17.7 Å². The highest BCUT2D eigenvalue weighted by Crippen LogP contribution is 2.31. The Kier molecular flexibility index (Phi) is 7.84. The molecule has 0 bridgehead atoms. The number of aryl methyl sites for hydroxylation is 1. The highest BCUT2D eigenvalue weighted by molar-refractivity contribution is 6.35. The Morgan fingerprint density at radius 2 is 1.71 bits per heavy atom. The van der Waals surface area contributed by atoms with E-state index in [2.05, 4.69) is 4.74 Å². The average Bonchev–Trinajstić information content (AvgIpc) is 2.79. The standard InChI is InChI=1S/C24H17Cl2F4NO3/c1-34-23(33)15-4-2-14(3-5-15)10-11-31-21(18(25)13-19(26)22(31)32)9-6-16-12-17(24(28,29)30)7-8-20(16)27/h2-9,12-13H,10-11H2,1H3/b9-6+. The Bertz CT molecular complexity index is 1300.